The molecule has 13 heavy (non-hydrogen) atoms. The Balaban J connectivity index is 2.87. The molecule has 0 aliphatic heterocycles. The van der Waals surface area contributed by atoms with Gasteiger partial charge in [-0.3, -0.25) is 0 Å². The van der Waals surface area contributed by atoms with Gasteiger partial charge in [0, 0.05) is 12.6 Å². The third-order valence-corrected chi connectivity index (χ3v) is 1.84. The molecule has 1 rings (SSSR count). The van der Waals surface area contributed by atoms with E-state index in [0.29, 0.717) is 6.54 Å². The second kappa shape index (κ2) is 4.02. The van der Waals surface area contributed by atoms with Crippen molar-refractivity contribution < 1.29 is 9.90 Å². The van der Waals surface area contributed by atoms with Gasteiger partial charge in [-0.15, -0.1) is 0 Å². The fraction of sp³-hybridized carbons (Fsp3) is 0.222. The van der Waals surface area contributed by atoms with Crippen LogP contribution in [-0.4, -0.2) is 17.6 Å². The van der Waals surface area contributed by atoms with Gasteiger partial charge in [0.15, 0.2) is 0 Å². The van der Waals surface area contributed by atoms with Crippen LogP contribution < -0.4 is 11.5 Å². The minimum Gasteiger partial charge on any atom is -0.478 e. The first-order valence-electron chi connectivity index (χ1n) is 3.94. The lowest BCUT2D eigenvalue weighted by Crippen LogP contribution is -2.20. The molecule has 0 unspecified atom stereocenters. The van der Waals surface area contributed by atoms with E-state index < -0.39 is 5.97 Å². The fourth-order valence-electron chi connectivity index (χ4n) is 1.01. The number of carboxylic acid groups (broad SMARTS) is 1. The zero-order valence-corrected chi connectivity index (χ0v) is 7.10. The molecule has 0 aromatic heterocycles. The van der Waals surface area contributed by atoms with Crippen molar-refractivity contribution in [3.8, 4) is 0 Å². The van der Waals surface area contributed by atoms with Crippen molar-refractivity contribution in [1.82, 2.24) is 0 Å². The molecule has 0 heterocycles. The second-order valence-corrected chi connectivity index (χ2v) is 2.77. The average molecular weight is 180 g/mol. The van der Waals surface area contributed by atoms with Gasteiger partial charge >= 0.3 is 5.97 Å². The van der Waals surface area contributed by atoms with Gasteiger partial charge in [-0.25, -0.2) is 4.79 Å². The minimum atomic E-state index is -0.937. The van der Waals surface area contributed by atoms with Crippen LogP contribution in [0.15, 0.2) is 24.3 Å². The molecule has 0 saturated heterocycles. The lowest BCUT2D eigenvalue weighted by atomic mass is 10.1. The van der Waals surface area contributed by atoms with Crippen molar-refractivity contribution in [2.24, 2.45) is 11.5 Å². The van der Waals surface area contributed by atoms with E-state index in [-0.39, 0.29) is 11.6 Å². The number of hydrogen-bond acceptors (Lipinski definition) is 3. The largest absolute Gasteiger partial charge is 0.478 e. The van der Waals surface area contributed by atoms with Crippen molar-refractivity contribution in [2.75, 3.05) is 6.54 Å². The summed E-state index contributed by atoms with van der Waals surface area (Å²) in [6, 6.07) is 6.19. The van der Waals surface area contributed by atoms with E-state index in [0.717, 1.165) is 5.56 Å². The molecule has 4 nitrogen and oxygen atoms in total. The fourth-order valence-corrected chi connectivity index (χ4v) is 1.01. The van der Waals surface area contributed by atoms with Gasteiger partial charge < -0.3 is 16.6 Å². The maximum atomic E-state index is 10.5. The standard InChI is InChI=1S/C9H12N2O2/c10-5-8(11)6-1-3-7(4-2-6)9(12)13/h1-4,8H,5,10-11H2,(H,12,13)/t8-/m0/s1. The van der Waals surface area contributed by atoms with Crippen LogP contribution in [0.1, 0.15) is 22.0 Å². The monoisotopic (exact) mass is 180 g/mol. The molecule has 0 aliphatic rings. The Kier molecular flexibility index (Phi) is 3.00. The summed E-state index contributed by atoms with van der Waals surface area (Å²) in [4.78, 5) is 10.5. The molecule has 0 aliphatic carbocycles. The molecule has 0 radical (unpaired) electrons. The Morgan fingerprint density at radius 3 is 2.31 bits per heavy atom. The Hall–Kier alpha value is -1.39. The quantitative estimate of drug-likeness (QED) is 0.625. The van der Waals surface area contributed by atoms with Gasteiger partial charge in [-0.05, 0) is 17.7 Å². The summed E-state index contributed by atoms with van der Waals surface area (Å²) in [6.07, 6.45) is 0. The lowest BCUT2D eigenvalue weighted by molar-refractivity contribution is 0.0697. The third-order valence-electron chi connectivity index (χ3n) is 1.84. The molecule has 0 fully saturated rings. The van der Waals surface area contributed by atoms with E-state index >= 15 is 0 Å². The average Bonchev–Trinajstić information content (AvgIpc) is 2.17. The number of benzene rings is 1. The molecule has 5 N–H and O–H groups in total. The maximum Gasteiger partial charge on any atom is 0.335 e. The predicted molar refractivity (Wildman–Crippen MR) is 49.4 cm³/mol. The van der Waals surface area contributed by atoms with Crippen molar-refractivity contribution in [3.63, 3.8) is 0 Å². The van der Waals surface area contributed by atoms with Gasteiger partial charge in [0.25, 0.3) is 0 Å². The SMILES string of the molecule is NC[C@H](N)c1ccc(C(=O)O)cc1. The Labute approximate surface area is 76.2 Å². The van der Waals surface area contributed by atoms with Crippen LogP contribution in [0.25, 0.3) is 0 Å². The molecule has 4 heteroatoms. The number of rotatable bonds is 3. The Bertz CT molecular complexity index is 295. The molecule has 1 aromatic rings. The molecule has 0 saturated carbocycles. The summed E-state index contributed by atoms with van der Waals surface area (Å²) in [5, 5.41) is 8.62. The van der Waals surface area contributed by atoms with Crippen LogP contribution in [0.3, 0.4) is 0 Å². The first kappa shape index (κ1) is 9.70. The highest BCUT2D eigenvalue weighted by molar-refractivity contribution is 5.87. The second-order valence-electron chi connectivity index (χ2n) is 2.77. The first-order chi connectivity index (χ1) is 6.15. The summed E-state index contributed by atoms with van der Waals surface area (Å²) in [5.41, 5.74) is 12.1. The topological polar surface area (TPSA) is 89.3 Å². The minimum absolute atomic E-state index is 0.220. The van der Waals surface area contributed by atoms with Gasteiger partial charge in [0.1, 0.15) is 0 Å². The first-order valence-corrected chi connectivity index (χ1v) is 3.94. The van der Waals surface area contributed by atoms with Crippen LogP contribution in [0.2, 0.25) is 0 Å². The van der Waals surface area contributed by atoms with E-state index in [1.807, 2.05) is 0 Å². The zero-order valence-electron chi connectivity index (χ0n) is 7.10. The van der Waals surface area contributed by atoms with Crippen LogP contribution in [0.4, 0.5) is 0 Å². The molecule has 1 aromatic carbocycles. The normalized spacial score (nSPS) is 12.5. The number of carboxylic acids is 1. The Morgan fingerprint density at radius 1 is 1.38 bits per heavy atom. The van der Waals surface area contributed by atoms with E-state index in [9.17, 15) is 4.79 Å². The van der Waals surface area contributed by atoms with Crippen LogP contribution in [0, 0.1) is 0 Å². The molecule has 70 valence electrons. The maximum absolute atomic E-state index is 10.5. The van der Waals surface area contributed by atoms with E-state index in [1.165, 1.54) is 12.1 Å². The predicted octanol–water partition coefficient (Wildman–Crippen LogP) is 0.343. The zero-order chi connectivity index (χ0) is 9.84. The number of carbonyl (C=O) groups is 1. The Morgan fingerprint density at radius 2 is 1.92 bits per heavy atom. The van der Waals surface area contributed by atoms with E-state index in [4.69, 9.17) is 16.6 Å². The number of nitrogens with two attached hydrogens (primary N) is 2. The summed E-state index contributed by atoms with van der Waals surface area (Å²) in [7, 11) is 0. The third kappa shape index (κ3) is 2.27. The highest BCUT2D eigenvalue weighted by Crippen LogP contribution is 2.10. The number of hydrogen-bond donors (Lipinski definition) is 3. The van der Waals surface area contributed by atoms with Crippen molar-refractivity contribution >= 4 is 5.97 Å². The van der Waals surface area contributed by atoms with Gasteiger partial charge in [-0.1, -0.05) is 12.1 Å². The van der Waals surface area contributed by atoms with Gasteiger partial charge in [0.2, 0.25) is 0 Å². The molecular formula is C9H12N2O2. The van der Waals surface area contributed by atoms with Crippen LogP contribution in [-0.2, 0) is 0 Å². The smallest absolute Gasteiger partial charge is 0.335 e. The van der Waals surface area contributed by atoms with Crippen molar-refractivity contribution in [2.45, 2.75) is 6.04 Å². The molecule has 0 amide bonds. The molecule has 0 bridgehead atoms. The van der Waals surface area contributed by atoms with Gasteiger partial charge in [0.05, 0.1) is 5.56 Å². The lowest BCUT2D eigenvalue weighted by Gasteiger charge is -2.08. The van der Waals surface area contributed by atoms with Gasteiger partial charge in [-0.2, -0.15) is 0 Å². The number of aromatic carboxylic acids is 1. The summed E-state index contributed by atoms with van der Waals surface area (Å²) >= 11 is 0. The highest BCUT2D eigenvalue weighted by atomic mass is 16.4. The highest BCUT2D eigenvalue weighted by Gasteiger charge is 2.05. The van der Waals surface area contributed by atoms with Crippen molar-refractivity contribution in [3.05, 3.63) is 35.4 Å². The molecule has 0 spiro atoms. The van der Waals surface area contributed by atoms with Crippen LogP contribution >= 0.6 is 0 Å². The van der Waals surface area contributed by atoms with E-state index in [1.54, 1.807) is 12.1 Å². The summed E-state index contributed by atoms with van der Waals surface area (Å²) in [6.45, 7) is 0.354. The van der Waals surface area contributed by atoms with Crippen molar-refractivity contribution in [1.29, 1.82) is 0 Å². The molecular weight excluding hydrogens is 168 g/mol. The molecule has 1 atom stereocenters. The summed E-state index contributed by atoms with van der Waals surface area (Å²) < 4.78 is 0. The summed E-state index contributed by atoms with van der Waals surface area (Å²) in [5.74, 6) is -0.937. The van der Waals surface area contributed by atoms with E-state index in [2.05, 4.69) is 0 Å². The van der Waals surface area contributed by atoms with Crippen LogP contribution in [0.5, 0.6) is 0 Å².